The Morgan fingerprint density at radius 2 is 1.91 bits per heavy atom. The molecule has 1 aromatic heterocycles. The van der Waals surface area contributed by atoms with Crippen LogP contribution in [0, 0.1) is 6.92 Å². The lowest BCUT2D eigenvalue weighted by Gasteiger charge is -2.10. The average Bonchev–Trinajstić information content (AvgIpc) is 2.36. The molecule has 9 nitrogen and oxygen atoms in total. The monoisotopic (exact) mass is 324 g/mol. The molecule has 1 aromatic carbocycles. The fourth-order valence-electron chi connectivity index (χ4n) is 1.83. The quantitative estimate of drug-likeness (QED) is 0.624. The predicted octanol–water partition coefficient (Wildman–Crippen LogP) is -1.46. The summed E-state index contributed by atoms with van der Waals surface area (Å²) in [5.74, 6) is -1.47. The maximum absolute atomic E-state index is 12.2. The molecule has 0 saturated carbocycles. The first kappa shape index (κ1) is 15.5. The standard InChI is InChI=1S/C12H11N3O6S/c1-6-9(10(16)14-12(19)13-6)22(20,21)15-8-4-2-3-7(5-8)11(17)18/h2-5,15H,1H3,(H,17,18)(H2,13,14,16,19)/p-1. The molecule has 22 heavy (non-hydrogen) atoms. The SMILES string of the molecule is Cc1[nH]c(=O)[nH]c(=O)c1S(=O)(=O)Nc1cccc(C(=O)[O-])c1. The molecule has 2 rings (SSSR count). The van der Waals surface area contributed by atoms with Crippen LogP contribution in [0.4, 0.5) is 5.69 Å². The molecular weight excluding hydrogens is 314 g/mol. The van der Waals surface area contributed by atoms with Crippen LogP contribution in [0.3, 0.4) is 0 Å². The second kappa shape index (κ2) is 5.48. The first-order chi connectivity index (χ1) is 10.2. The van der Waals surface area contributed by atoms with Crippen LogP contribution in [-0.2, 0) is 10.0 Å². The van der Waals surface area contributed by atoms with Crippen LogP contribution in [0.15, 0.2) is 38.8 Å². The predicted molar refractivity (Wildman–Crippen MR) is 74.0 cm³/mol. The zero-order valence-corrected chi connectivity index (χ0v) is 12.0. The molecule has 3 N–H and O–H groups in total. The van der Waals surface area contributed by atoms with Gasteiger partial charge in [-0.2, -0.15) is 0 Å². The number of aromatic carboxylic acids is 1. The van der Waals surface area contributed by atoms with Crippen LogP contribution in [0.25, 0.3) is 0 Å². The van der Waals surface area contributed by atoms with Gasteiger partial charge in [-0.05, 0) is 24.6 Å². The molecule has 2 aromatic rings. The number of hydrogen-bond donors (Lipinski definition) is 3. The lowest BCUT2D eigenvalue weighted by Crippen LogP contribution is -2.31. The molecule has 0 spiro atoms. The second-order valence-electron chi connectivity index (χ2n) is 4.34. The minimum absolute atomic E-state index is 0.0632. The van der Waals surface area contributed by atoms with Crippen molar-refractivity contribution in [2.24, 2.45) is 0 Å². The Morgan fingerprint density at radius 3 is 2.50 bits per heavy atom. The van der Waals surface area contributed by atoms with Crippen molar-refractivity contribution in [2.75, 3.05) is 4.72 Å². The number of carboxylic acids is 1. The molecule has 0 fully saturated rings. The first-order valence-corrected chi connectivity index (χ1v) is 7.36. The van der Waals surface area contributed by atoms with Gasteiger partial charge in [-0.15, -0.1) is 0 Å². The van der Waals surface area contributed by atoms with Crippen molar-refractivity contribution in [3.8, 4) is 0 Å². The molecule has 0 aliphatic carbocycles. The summed E-state index contributed by atoms with van der Waals surface area (Å²) in [6, 6.07) is 4.89. The number of H-pyrrole nitrogens is 2. The van der Waals surface area contributed by atoms with Crippen LogP contribution in [0.2, 0.25) is 0 Å². The number of benzene rings is 1. The number of anilines is 1. The molecule has 0 aliphatic rings. The number of carbonyl (C=O) groups is 1. The molecule has 0 unspecified atom stereocenters. The van der Waals surface area contributed by atoms with Crippen molar-refractivity contribution in [1.29, 1.82) is 0 Å². The van der Waals surface area contributed by atoms with Crippen LogP contribution in [0.5, 0.6) is 0 Å². The summed E-state index contributed by atoms with van der Waals surface area (Å²) < 4.78 is 26.5. The summed E-state index contributed by atoms with van der Waals surface area (Å²) in [7, 11) is -4.31. The Hall–Kier alpha value is -2.88. The third-order valence-corrected chi connectivity index (χ3v) is 4.23. The highest BCUT2D eigenvalue weighted by Crippen LogP contribution is 2.15. The van der Waals surface area contributed by atoms with Gasteiger partial charge in [0.2, 0.25) is 0 Å². The topological polar surface area (TPSA) is 152 Å². The number of nitrogens with one attached hydrogen (secondary N) is 3. The van der Waals surface area contributed by atoms with Crippen molar-refractivity contribution in [2.45, 2.75) is 11.8 Å². The third kappa shape index (κ3) is 3.06. The molecule has 0 bridgehead atoms. The van der Waals surface area contributed by atoms with Gasteiger partial charge in [0, 0.05) is 11.4 Å². The summed E-state index contributed by atoms with van der Waals surface area (Å²) in [4.78, 5) is 36.8. The fraction of sp³-hybridized carbons (Fsp3) is 0.0833. The maximum Gasteiger partial charge on any atom is 0.325 e. The molecule has 1 heterocycles. The maximum atomic E-state index is 12.2. The summed E-state index contributed by atoms with van der Waals surface area (Å²) in [5.41, 5.74) is -2.35. The smallest absolute Gasteiger partial charge is 0.325 e. The van der Waals surface area contributed by atoms with Gasteiger partial charge in [-0.3, -0.25) is 14.5 Å². The van der Waals surface area contributed by atoms with E-state index in [9.17, 15) is 27.9 Å². The van der Waals surface area contributed by atoms with Crippen LogP contribution < -0.4 is 21.1 Å². The summed E-state index contributed by atoms with van der Waals surface area (Å²) in [6.07, 6.45) is 0. The molecule has 0 atom stereocenters. The zero-order valence-electron chi connectivity index (χ0n) is 11.2. The van der Waals surface area contributed by atoms with Crippen molar-refractivity contribution in [3.05, 3.63) is 56.4 Å². The Morgan fingerprint density at radius 1 is 1.23 bits per heavy atom. The van der Waals surface area contributed by atoms with Crippen LogP contribution in [0.1, 0.15) is 16.1 Å². The molecular formula is C12H10N3O6S-. The Labute approximate surface area is 123 Å². The highest BCUT2D eigenvalue weighted by Gasteiger charge is 2.22. The van der Waals surface area contributed by atoms with Gasteiger partial charge < -0.3 is 14.9 Å². The number of carbonyl (C=O) groups excluding carboxylic acids is 1. The molecule has 0 aliphatic heterocycles. The molecule has 0 radical (unpaired) electrons. The number of hydrogen-bond acceptors (Lipinski definition) is 6. The molecule has 0 saturated heterocycles. The third-order valence-electron chi connectivity index (χ3n) is 2.69. The number of sulfonamides is 1. The summed E-state index contributed by atoms with van der Waals surface area (Å²) in [5, 5.41) is 10.8. The van der Waals surface area contributed by atoms with Gasteiger partial charge in [-0.25, -0.2) is 13.2 Å². The van der Waals surface area contributed by atoms with Crippen LogP contribution in [-0.4, -0.2) is 24.4 Å². The van der Waals surface area contributed by atoms with E-state index in [4.69, 9.17) is 0 Å². The molecule has 116 valence electrons. The number of aromatic amines is 2. The van der Waals surface area contributed by atoms with Crippen molar-refractivity contribution < 1.29 is 18.3 Å². The number of aromatic nitrogens is 2. The average molecular weight is 324 g/mol. The number of aryl methyl sites for hydroxylation is 1. The van der Waals surface area contributed by atoms with E-state index < -0.39 is 32.1 Å². The normalized spacial score (nSPS) is 11.1. The van der Waals surface area contributed by atoms with E-state index in [2.05, 4.69) is 9.71 Å². The van der Waals surface area contributed by atoms with E-state index in [1.807, 2.05) is 4.98 Å². The van der Waals surface area contributed by atoms with E-state index in [0.29, 0.717) is 0 Å². The van der Waals surface area contributed by atoms with Crippen molar-refractivity contribution in [1.82, 2.24) is 9.97 Å². The van der Waals surface area contributed by atoms with Gasteiger partial charge in [0.1, 0.15) is 0 Å². The minimum atomic E-state index is -4.31. The van der Waals surface area contributed by atoms with Crippen molar-refractivity contribution >= 4 is 21.7 Å². The lowest BCUT2D eigenvalue weighted by atomic mass is 10.2. The summed E-state index contributed by atoms with van der Waals surface area (Å²) >= 11 is 0. The minimum Gasteiger partial charge on any atom is -0.545 e. The highest BCUT2D eigenvalue weighted by molar-refractivity contribution is 7.92. The van der Waals surface area contributed by atoms with Gasteiger partial charge in [-0.1, -0.05) is 12.1 Å². The first-order valence-electron chi connectivity index (χ1n) is 5.88. The van der Waals surface area contributed by atoms with Crippen LogP contribution >= 0.6 is 0 Å². The van der Waals surface area contributed by atoms with Crippen molar-refractivity contribution in [3.63, 3.8) is 0 Å². The fourth-order valence-corrected chi connectivity index (χ4v) is 3.12. The van der Waals surface area contributed by atoms with E-state index >= 15 is 0 Å². The molecule has 0 amide bonds. The zero-order chi connectivity index (χ0) is 16.5. The second-order valence-corrected chi connectivity index (χ2v) is 5.96. The number of rotatable bonds is 4. The largest absolute Gasteiger partial charge is 0.545 e. The molecule has 10 heteroatoms. The van der Waals surface area contributed by atoms with E-state index in [0.717, 1.165) is 6.07 Å². The highest BCUT2D eigenvalue weighted by atomic mass is 32.2. The number of carboxylic acid groups (broad SMARTS) is 1. The Kier molecular flexibility index (Phi) is 3.87. The Bertz CT molecular complexity index is 957. The van der Waals surface area contributed by atoms with E-state index in [1.165, 1.54) is 25.1 Å². The van der Waals surface area contributed by atoms with Gasteiger partial charge in [0.05, 0.1) is 5.97 Å². The van der Waals surface area contributed by atoms with E-state index in [-0.39, 0.29) is 16.9 Å². The van der Waals surface area contributed by atoms with Gasteiger partial charge in [0.15, 0.2) is 4.90 Å². The summed E-state index contributed by atoms with van der Waals surface area (Å²) in [6.45, 7) is 1.25. The van der Waals surface area contributed by atoms with Gasteiger partial charge in [0.25, 0.3) is 15.6 Å². The lowest BCUT2D eigenvalue weighted by molar-refractivity contribution is -0.255. The Balaban J connectivity index is 2.49. The van der Waals surface area contributed by atoms with E-state index in [1.54, 1.807) is 0 Å². The van der Waals surface area contributed by atoms with Gasteiger partial charge >= 0.3 is 5.69 Å².